The lowest BCUT2D eigenvalue weighted by atomic mass is 9.88. The van der Waals surface area contributed by atoms with Crippen LogP contribution < -0.4 is 4.74 Å². The molecule has 3 rings (SSSR count). The molecule has 3 aromatic carbocycles. The second kappa shape index (κ2) is 7.92. The van der Waals surface area contributed by atoms with Gasteiger partial charge in [0.2, 0.25) is 0 Å². The van der Waals surface area contributed by atoms with Crippen LogP contribution in [0.1, 0.15) is 34.8 Å². The molecular formula is C23H21NO3. The Morgan fingerprint density at radius 3 is 2.56 bits per heavy atom. The third-order valence-electron chi connectivity index (χ3n) is 4.66. The Labute approximate surface area is 159 Å². The van der Waals surface area contributed by atoms with Gasteiger partial charge in [0.15, 0.2) is 0 Å². The van der Waals surface area contributed by atoms with Crippen LogP contribution >= 0.6 is 0 Å². The van der Waals surface area contributed by atoms with Crippen LogP contribution in [0, 0.1) is 11.3 Å². The first-order valence-electron chi connectivity index (χ1n) is 8.86. The Morgan fingerprint density at radius 2 is 1.89 bits per heavy atom. The molecule has 0 fully saturated rings. The molecule has 0 aliphatic heterocycles. The maximum absolute atomic E-state index is 12.5. The highest BCUT2D eigenvalue weighted by Crippen LogP contribution is 2.41. The predicted octanol–water partition coefficient (Wildman–Crippen LogP) is 5.13. The molecule has 0 radical (unpaired) electrons. The highest BCUT2D eigenvalue weighted by atomic mass is 16.5. The Morgan fingerprint density at radius 1 is 1.07 bits per heavy atom. The molecule has 0 unspecified atom stereocenters. The minimum atomic E-state index is -0.379. The zero-order chi connectivity index (χ0) is 19.4. The maximum Gasteiger partial charge on any atom is 0.338 e. The maximum atomic E-state index is 12.5. The van der Waals surface area contributed by atoms with E-state index in [1.54, 1.807) is 19.2 Å². The van der Waals surface area contributed by atoms with Gasteiger partial charge in [0.1, 0.15) is 5.75 Å². The number of benzene rings is 3. The van der Waals surface area contributed by atoms with E-state index < -0.39 is 0 Å². The van der Waals surface area contributed by atoms with E-state index in [0.717, 1.165) is 40.3 Å². The van der Waals surface area contributed by atoms with Crippen molar-refractivity contribution in [2.75, 3.05) is 14.2 Å². The molecule has 0 amide bonds. The number of nitrogens with zero attached hydrogens (tertiary/aromatic N) is 1. The molecule has 0 N–H and O–H groups in total. The second-order valence-corrected chi connectivity index (χ2v) is 6.27. The largest absolute Gasteiger partial charge is 0.496 e. The molecule has 0 aliphatic rings. The number of carbonyl (C=O) groups is 1. The molecule has 0 aliphatic carbocycles. The van der Waals surface area contributed by atoms with Crippen LogP contribution in [0.2, 0.25) is 0 Å². The van der Waals surface area contributed by atoms with Gasteiger partial charge in [-0.15, -0.1) is 0 Å². The lowest BCUT2D eigenvalue weighted by Crippen LogP contribution is -2.07. The van der Waals surface area contributed by atoms with Crippen molar-refractivity contribution < 1.29 is 14.3 Å². The van der Waals surface area contributed by atoms with E-state index in [4.69, 9.17) is 9.47 Å². The SMILES string of the molecule is CCCc1cccc(C(=O)OC)c1-c1c(OC)ccc2cc(C#N)ccc12. The molecule has 0 atom stereocenters. The highest BCUT2D eigenvalue weighted by Gasteiger charge is 2.21. The van der Waals surface area contributed by atoms with Crippen LogP contribution in [0.15, 0.2) is 48.5 Å². The first-order valence-corrected chi connectivity index (χ1v) is 8.86. The molecule has 0 heterocycles. The molecule has 27 heavy (non-hydrogen) atoms. The van der Waals surface area contributed by atoms with Crippen LogP contribution in [0.3, 0.4) is 0 Å². The molecule has 4 heteroatoms. The van der Waals surface area contributed by atoms with Crippen molar-refractivity contribution in [3.63, 3.8) is 0 Å². The Balaban J connectivity index is 2.44. The van der Waals surface area contributed by atoms with Gasteiger partial charge in [-0.25, -0.2) is 4.79 Å². The van der Waals surface area contributed by atoms with Crippen molar-refractivity contribution in [3.8, 4) is 22.9 Å². The van der Waals surface area contributed by atoms with Gasteiger partial charge in [-0.3, -0.25) is 0 Å². The number of hydrogen-bond acceptors (Lipinski definition) is 4. The summed E-state index contributed by atoms with van der Waals surface area (Å²) < 4.78 is 10.7. The van der Waals surface area contributed by atoms with Crippen LogP contribution in [0.5, 0.6) is 5.75 Å². The van der Waals surface area contributed by atoms with Crippen LogP contribution in [0.25, 0.3) is 21.9 Å². The van der Waals surface area contributed by atoms with Crippen molar-refractivity contribution in [1.29, 1.82) is 5.26 Å². The first-order chi connectivity index (χ1) is 13.1. The van der Waals surface area contributed by atoms with E-state index in [1.807, 2.05) is 36.4 Å². The van der Waals surface area contributed by atoms with Gasteiger partial charge in [-0.05, 0) is 47.0 Å². The molecule has 136 valence electrons. The number of ether oxygens (including phenoxy) is 2. The normalized spacial score (nSPS) is 10.4. The number of aryl methyl sites for hydroxylation is 1. The van der Waals surface area contributed by atoms with Crippen molar-refractivity contribution >= 4 is 16.7 Å². The summed E-state index contributed by atoms with van der Waals surface area (Å²) in [4.78, 5) is 12.5. The zero-order valence-electron chi connectivity index (χ0n) is 15.7. The minimum absolute atomic E-state index is 0.379. The molecular weight excluding hydrogens is 338 g/mol. The Kier molecular flexibility index (Phi) is 5.42. The molecule has 0 bridgehead atoms. The van der Waals surface area contributed by atoms with Crippen molar-refractivity contribution in [3.05, 3.63) is 65.2 Å². The average Bonchev–Trinajstić information content (AvgIpc) is 2.72. The topological polar surface area (TPSA) is 59.3 Å². The van der Waals surface area contributed by atoms with Gasteiger partial charge in [-0.2, -0.15) is 5.26 Å². The fraction of sp³-hybridized carbons (Fsp3) is 0.217. The zero-order valence-corrected chi connectivity index (χ0v) is 15.7. The van der Waals surface area contributed by atoms with Crippen molar-refractivity contribution in [2.24, 2.45) is 0 Å². The van der Waals surface area contributed by atoms with E-state index in [0.29, 0.717) is 16.9 Å². The quantitative estimate of drug-likeness (QED) is 0.593. The van der Waals surface area contributed by atoms with Gasteiger partial charge in [0.25, 0.3) is 0 Å². The number of rotatable bonds is 5. The number of nitriles is 1. The summed E-state index contributed by atoms with van der Waals surface area (Å²) in [6, 6.07) is 17.2. The molecule has 4 nitrogen and oxygen atoms in total. The summed E-state index contributed by atoms with van der Waals surface area (Å²) in [5.41, 5.74) is 3.85. The fourth-order valence-corrected chi connectivity index (χ4v) is 3.46. The van der Waals surface area contributed by atoms with Gasteiger partial charge in [0, 0.05) is 11.1 Å². The van der Waals surface area contributed by atoms with Gasteiger partial charge in [-0.1, -0.05) is 37.6 Å². The number of esters is 1. The minimum Gasteiger partial charge on any atom is -0.496 e. The summed E-state index contributed by atoms with van der Waals surface area (Å²) >= 11 is 0. The summed E-state index contributed by atoms with van der Waals surface area (Å²) in [5, 5.41) is 11.1. The molecule has 0 aromatic heterocycles. The Bertz CT molecular complexity index is 1050. The monoisotopic (exact) mass is 359 g/mol. The summed E-state index contributed by atoms with van der Waals surface area (Å²) in [6.45, 7) is 2.11. The molecule has 0 saturated heterocycles. The van der Waals surface area contributed by atoms with Gasteiger partial charge in [0.05, 0.1) is 31.4 Å². The predicted molar refractivity (Wildman–Crippen MR) is 106 cm³/mol. The van der Waals surface area contributed by atoms with E-state index in [2.05, 4.69) is 13.0 Å². The van der Waals surface area contributed by atoms with E-state index in [-0.39, 0.29) is 5.97 Å². The summed E-state index contributed by atoms with van der Waals surface area (Å²) in [6.07, 6.45) is 1.78. The lowest BCUT2D eigenvalue weighted by Gasteiger charge is -2.18. The number of carbonyl (C=O) groups excluding carboxylic acids is 1. The van der Waals surface area contributed by atoms with Crippen LogP contribution in [-0.2, 0) is 11.2 Å². The van der Waals surface area contributed by atoms with Gasteiger partial charge >= 0.3 is 5.97 Å². The van der Waals surface area contributed by atoms with E-state index in [9.17, 15) is 10.1 Å². The van der Waals surface area contributed by atoms with Crippen molar-refractivity contribution in [2.45, 2.75) is 19.8 Å². The number of hydrogen-bond donors (Lipinski definition) is 0. The van der Waals surface area contributed by atoms with Crippen LogP contribution in [0.4, 0.5) is 0 Å². The third-order valence-corrected chi connectivity index (χ3v) is 4.66. The molecule has 3 aromatic rings. The lowest BCUT2D eigenvalue weighted by molar-refractivity contribution is 0.0601. The van der Waals surface area contributed by atoms with E-state index in [1.165, 1.54) is 7.11 Å². The Hall–Kier alpha value is -3.32. The van der Waals surface area contributed by atoms with E-state index >= 15 is 0 Å². The molecule has 0 saturated carbocycles. The third kappa shape index (κ3) is 3.37. The first kappa shape index (κ1) is 18.5. The molecule has 0 spiro atoms. The van der Waals surface area contributed by atoms with Gasteiger partial charge < -0.3 is 9.47 Å². The number of methoxy groups -OCH3 is 2. The fourth-order valence-electron chi connectivity index (χ4n) is 3.46. The summed E-state index contributed by atoms with van der Waals surface area (Å²) in [5.74, 6) is 0.302. The second-order valence-electron chi connectivity index (χ2n) is 6.27. The number of fused-ring (bicyclic) bond motifs is 1. The van der Waals surface area contributed by atoms with Crippen LogP contribution in [-0.4, -0.2) is 20.2 Å². The average molecular weight is 359 g/mol. The highest BCUT2D eigenvalue weighted by molar-refractivity contribution is 6.07. The summed E-state index contributed by atoms with van der Waals surface area (Å²) in [7, 11) is 3.01. The van der Waals surface area contributed by atoms with Crippen molar-refractivity contribution in [1.82, 2.24) is 0 Å². The standard InChI is InChI=1S/C23H21NO3/c1-4-6-16-7-5-8-19(23(25)27-3)21(16)22-18-11-9-15(14-24)13-17(18)10-12-20(22)26-2/h5,7-13H,4,6H2,1-3H3. The smallest absolute Gasteiger partial charge is 0.338 e.